The van der Waals surface area contributed by atoms with Gasteiger partial charge in [0.05, 0.1) is 0 Å². The van der Waals surface area contributed by atoms with E-state index in [2.05, 4.69) is 35.0 Å². The van der Waals surface area contributed by atoms with Crippen molar-refractivity contribution in [1.29, 1.82) is 0 Å². The smallest absolute Gasteiger partial charge is 0.0363 e. The molecule has 17 heavy (non-hydrogen) atoms. The summed E-state index contributed by atoms with van der Waals surface area (Å²) in [6.45, 7) is 6.63. The van der Waals surface area contributed by atoms with Crippen molar-refractivity contribution in [2.24, 2.45) is 0 Å². The number of rotatable bonds is 4. The van der Waals surface area contributed by atoms with E-state index in [1.807, 2.05) is 12.1 Å². The molecule has 94 valence electrons. The molecular formula is C13H21N3S. The van der Waals surface area contributed by atoms with E-state index in [-0.39, 0.29) is 0 Å². The highest BCUT2D eigenvalue weighted by Crippen LogP contribution is 2.15. The van der Waals surface area contributed by atoms with Gasteiger partial charge in [-0.1, -0.05) is 0 Å². The van der Waals surface area contributed by atoms with Crippen LogP contribution in [-0.2, 0) is 0 Å². The van der Waals surface area contributed by atoms with Gasteiger partial charge in [-0.05, 0) is 30.7 Å². The monoisotopic (exact) mass is 251 g/mol. The SMILES string of the molecule is Cc1cc(N)cc(NCCN2CCSCC2)c1. The quantitative estimate of drug-likeness (QED) is 0.804. The molecule has 2 rings (SSSR count). The first-order valence-electron chi connectivity index (χ1n) is 6.15. The fourth-order valence-corrected chi connectivity index (χ4v) is 3.08. The molecule has 0 unspecified atom stereocenters. The average molecular weight is 251 g/mol. The van der Waals surface area contributed by atoms with E-state index in [1.165, 1.54) is 30.2 Å². The summed E-state index contributed by atoms with van der Waals surface area (Å²) in [7, 11) is 0. The van der Waals surface area contributed by atoms with Gasteiger partial charge in [0.25, 0.3) is 0 Å². The normalized spacial score (nSPS) is 17.0. The van der Waals surface area contributed by atoms with Crippen LogP contribution >= 0.6 is 11.8 Å². The Labute approximate surface area is 108 Å². The lowest BCUT2D eigenvalue weighted by atomic mass is 10.2. The number of hydrogen-bond donors (Lipinski definition) is 2. The molecule has 0 aliphatic carbocycles. The Kier molecular flexibility index (Phi) is 4.57. The largest absolute Gasteiger partial charge is 0.399 e. The second-order valence-electron chi connectivity index (χ2n) is 4.51. The van der Waals surface area contributed by atoms with Gasteiger partial charge in [-0.3, -0.25) is 4.90 Å². The van der Waals surface area contributed by atoms with Crippen LogP contribution in [-0.4, -0.2) is 42.6 Å². The molecule has 0 bridgehead atoms. The second-order valence-corrected chi connectivity index (χ2v) is 5.74. The first-order valence-corrected chi connectivity index (χ1v) is 7.31. The molecule has 1 heterocycles. The summed E-state index contributed by atoms with van der Waals surface area (Å²) in [5, 5.41) is 3.45. The Balaban J connectivity index is 1.77. The molecular weight excluding hydrogens is 230 g/mol. The number of anilines is 2. The molecule has 3 nitrogen and oxygen atoms in total. The zero-order valence-electron chi connectivity index (χ0n) is 10.4. The Hall–Kier alpha value is -0.870. The molecule has 0 amide bonds. The summed E-state index contributed by atoms with van der Waals surface area (Å²) in [4.78, 5) is 2.52. The van der Waals surface area contributed by atoms with Crippen LogP contribution < -0.4 is 11.1 Å². The van der Waals surface area contributed by atoms with Crippen LogP contribution in [0.1, 0.15) is 5.56 Å². The number of nitrogens with two attached hydrogens (primary N) is 1. The van der Waals surface area contributed by atoms with Crippen molar-refractivity contribution < 1.29 is 0 Å². The minimum absolute atomic E-state index is 0.835. The highest BCUT2D eigenvalue weighted by molar-refractivity contribution is 7.99. The molecule has 1 aromatic rings. The van der Waals surface area contributed by atoms with Crippen LogP contribution in [0.5, 0.6) is 0 Å². The van der Waals surface area contributed by atoms with E-state index < -0.39 is 0 Å². The van der Waals surface area contributed by atoms with Gasteiger partial charge in [0, 0.05) is 49.1 Å². The highest BCUT2D eigenvalue weighted by atomic mass is 32.2. The molecule has 0 atom stereocenters. The molecule has 1 fully saturated rings. The first kappa shape index (κ1) is 12.6. The Morgan fingerprint density at radius 3 is 2.76 bits per heavy atom. The lowest BCUT2D eigenvalue weighted by Crippen LogP contribution is -2.36. The van der Waals surface area contributed by atoms with Crippen molar-refractivity contribution in [3.05, 3.63) is 23.8 Å². The van der Waals surface area contributed by atoms with Crippen molar-refractivity contribution in [3.63, 3.8) is 0 Å². The van der Waals surface area contributed by atoms with Crippen LogP contribution in [0.25, 0.3) is 0 Å². The third-order valence-electron chi connectivity index (χ3n) is 2.96. The number of hydrogen-bond acceptors (Lipinski definition) is 4. The topological polar surface area (TPSA) is 41.3 Å². The molecule has 1 aliphatic heterocycles. The fourth-order valence-electron chi connectivity index (χ4n) is 2.10. The van der Waals surface area contributed by atoms with Crippen molar-refractivity contribution >= 4 is 23.1 Å². The van der Waals surface area contributed by atoms with Gasteiger partial charge >= 0.3 is 0 Å². The third-order valence-corrected chi connectivity index (χ3v) is 3.90. The van der Waals surface area contributed by atoms with Gasteiger partial charge in [-0.2, -0.15) is 11.8 Å². The Bertz CT molecular complexity index is 341. The number of nitrogens with zero attached hydrogens (tertiary/aromatic N) is 1. The summed E-state index contributed by atoms with van der Waals surface area (Å²) in [5.41, 5.74) is 9.00. The molecule has 1 aromatic carbocycles. The molecule has 4 heteroatoms. The number of benzene rings is 1. The second kappa shape index (κ2) is 6.17. The third kappa shape index (κ3) is 4.13. The van der Waals surface area contributed by atoms with Gasteiger partial charge in [0.15, 0.2) is 0 Å². The summed E-state index contributed by atoms with van der Waals surface area (Å²) in [6, 6.07) is 6.13. The van der Waals surface area contributed by atoms with Crippen LogP contribution in [0.3, 0.4) is 0 Å². The first-order chi connectivity index (χ1) is 8.24. The molecule has 0 spiro atoms. The summed E-state index contributed by atoms with van der Waals surface area (Å²) in [6.07, 6.45) is 0. The van der Waals surface area contributed by atoms with Crippen LogP contribution in [0.4, 0.5) is 11.4 Å². The number of aryl methyl sites for hydroxylation is 1. The number of thioether (sulfide) groups is 1. The van der Waals surface area contributed by atoms with Crippen molar-refractivity contribution in [1.82, 2.24) is 4.90 Å². The summed E-state index contributed by atoms with van der Waals surface area (Å²) in [5.74, 6) is 2.55. The standard InChI is InChI=1S/C13H21N3S/c1-11-8-12(14)10-13(9-11)15-2-3-16-4-6-17-7-5-16/h8-10,15H,2-7,14H2,1H3. The van der Waals surface area contributed by atoms with E-state index in [0.717, 1.165) is 24.5 Å². The van der Waals surface area contributed by atoms with Gasteiger partial charge in [-0.25, -0.2) is 0 Å². The Morgan fingerprint density at radius 2 is 2.06 bits per heavy atom. The van der Waals surface area contributed by atoms with Crippen molar-refractivity contribution in [2.45, 2.75) is 6.92 Å². The lowest BCUT2D eigenvalue weighted by molar-refractivity contribution is 0.314. The van der Waals surface area contributed by atoms with Crippen molar-refractivity contribution in [3.8, 4) is 0 Å². The highest BCUT2D eigenvalue weighted by Gasteiger charge is 2.09. The van der Waals surface area contributed by atoms with E-state index in [9.17, 15) is 0 Å². The molecule has 0 saturated carbocycles. The maximum atomic E-state index is 5.82. The van der Waals surface area contributed by atoms with Crippen molar-refractivity contribution in [2.75, 3.05) is 48.7 Å². The van der Waals surface area contributed by atoms with Gasteiger partial charge < -0.3 is 11.1 Å². The number of nitrogens with one attached hydrogen (secondary N) is 1. The van der Waals surface area contributed by atoms with Gasteiger partial charge in [0.1, 0.15) is 0 Å². The maximum Gasteiger partial charge on any atom is 0.0363 e. The predicted octanol–water partition coefficient (Wildman–Crippen LogP) is 2.04. The molecule has 0 aromatic heterocycles. The Morgan fingerprint density at radius 1 is 1.29 bits per heavy atom. The van der Waals surface area contributed by atoms with Crippen LogP contribution in [0.15, 0.2) is 18.2 Å². The van der Waals surface area contributed by atoms with E-state index in [1.54, 1.807) is 0 Å². The zero-order valence-corrected chi connectivity index (χ0v) is 11.2. The van der Waals surface area contributed by atoms with Crippen LogP contribution in [0.2, 0.25) is 0 Å². The summed E-state index contributed by atoms with van der Waals surface area (Å²) >= 11 is 2.05. The average Bonchev–Trinajstić information content (AvgIpc) is 2.29. The van der Waals surface area contributed by atoms with E-state index in [0.29, 0.717) is 0 Å². The predicted molar refractivity (Wildman–Crippen MR) is 77.8 cm³/mol. The lowest BCUT2D eigenvalue weighted by Gasteiger charge is -2.26. The van der Waals surface area contributed by atoms with E-state index >= 15 is 0 Å². The molecule has 0 radical (unpaired) electrons. The molecule has 1 aliphatic rings. The minimum atomic E-state index is 0.835. The maximum absolute atomic E-state index is 5.82. The molecule has 1 saturated heterocycles. The summed E-state index contributed by atoms with van der Waals surface area (Å²) < 4.78 is 0. The van der Waals surface area contributed by atoms with Gasteiger partial charge in [0.2, 0.25) is 0 Å². The number of nitrogen functional groups attached to an aromatic ring is 1. The van der Waals surface area contributed by atoms with Gasteiger partial charge in [-0.15, -0.1) is 0 Å². The fraction of sp³-hybridized carbons (Fsp3) is 0.538. The van der Waals surface area contributed by atoms with Crippen LogP contribution in [0, 0.1) is 6.92 Å². The van der Waals surface area contributed by atoms with E-state index in [4.69, 9.17) is 5.73 Å². The minimum Gasteiger partial charge on any atom is -0.399 e. The zero-order chi connectivity index (χ0) is 12.1. The molecule has 3 N–H and O–H groups in total.